The van der Waals surface area contributed by atoms with Gasteiger partial charge < -0.3 is 15.7 Å². The SMILES string of the molecule is Cc1ccc(NC(=O)CSc2nc3ccc(NC(=O)[C@H]4CCCC[C@@H]4C(=O)O)cc3s2)cc1C. The molecular weight excluding hydrogens is 470 g/mol. The number of fused-ring (bicyclic) bond motifs is 1. The highest BCUT2D eigenvalue weighted by molar-refractivity contribution is 8.01. The number of rotatable bonds is 7. The summed E-state index contributed by atoms with van der Waals surface area (Å²) in [5, 5.41) is 15.3. The number of carboxylic acids is 1. The van der Waals surface area contributed by atoms with E-state index in [1.165, 1.54) is 28.7 Å². The molecule has 1 aromatic heterocycles. The Morgan fingerprint density at radius 2 is 1.71 bits per heavy atom. The fourth-order valence-corrected chi connectivity index (χ4v) is 6.07. The largest absolute Gasteiger partial charge is 0.481 e. The van der Waals surface area contributed by atoms with Gasteiger partial charge in [0, 0.05) is 11.4 Å². The van der Waals surface area contributed by atoms with Crippen LogP contribution in [0.1, 0.15) is 36.8 Å². The molecule has 4 rings (SSSR count). The number of carbonyl (C=O) groups excluding carboxylic acids is 2. The zero-order chi connectivity index (χ0) is 24.2. The summed E-state index contributed by atoms with van der Waals surface area (Å²) in [5.74, 6) is -2.13. The normalized spacial score (nSPS) is 17.9. The summed E-state index contributed by atoms with van der Waals surface area (Å²) < 4.78 is 1.67. The van der Waals surface area contributed by atoms with E-state index in [1.54, 1.807) is 6.07 Å². The lowest BCUT2D eigenvalue weighted by atomic mass is 9.78. The Morgan fingerprint density at radius 1 is 1.00 bits per heavy atom. The topological polar surface area (TPSA) is 108 Å². The number of aliphatic carboxylic acids is 1. The zero-order valence-corrected chi connectivity index (χ0v) is 20.7. The number of thioether (sulfide) groups is 1. The van der Waals surface area contributed by atoms with Crippen molar-refractivity contribution in [3.63, 3.8) is 0 Å². The summed E-state index contributed by atoms with van der Waals surface area (Å²) in [6.07, 6.45) is 2.85. The standard InChI is InChI=1S/C25H27N3O4S2/c1-14-7-8-16(11-15(14)2)26-22(29)13-33-25-28-20-10-9-17(12-21(20)34-25)27-23(30)18-5-3-4-6-19(18)24(31)32/h7-12,18-19H,3-6,13H2,1-2H3,(H,26,29)(H,27,30)(H,31,32)/t18-,19-/m0/s1. The maximum atomic E-state index is 12.8. The summed E-state index contributed by atoms with van der Waals surface area (Å²) >= 11 is 2.83. The number of amides is 2. The number of anilines is 2. The van der Waals surface area contributed by atoms with E-state index < -0.39 is 17.8 Å². The molecule has 0 spiro atoms. The van der Waals surface area contributed by atoms with Crippen molar-refractivity contribution in [3.8, 4) is 0 Å². The second-order valence-electron chi connectivity index (χ2n) is 8.62. The fraction of sp³-hybridized carbons (Fsp3) is 0.360. The number of hydrogen-bond donors (Lipinski definition) is 3. The van der Waals surface area contributed by atoms with Gasteiger partial charge in [-0.1, -0.05) is 30.7 Å². The first-order valence-corrected chi connectivity index (χ1v) is 13.0. The van der Waals surface area contributed by atoms with Crippen molar-refractivity contribution >= 4 is 62.5 Å². The van der Waals surface area contributed by atoms with Crippen LogP contribution in [0.3, 0.4) is 0 Å². The van der Waals surface area contributed by atoms with Crippen molar-refractivity contribution in [2.75, 3.05) is 16.4 Å². The summed E-state index contributed by atoms with van der Waals surface area (Å²) in [4.78, 5) is 41.2. The fourth-order valence-electron chi connectivity index (χ4n) is 4.16. The quantitative estimate of drug-likeness (QED) is 0.373. The highest BCUT2D eigenvalue weighted by Crippen LogP contribution is 2.33. The number of carbonyl (C=O) groups is 3. The summed E-state index contributed by atoms with van der Waals surface area (Å²) in [7, 11) is 0. The molecule has 0 radical (unpaired) electrons. The molecule has 9 heteroatoms. The van der Waals surface area contributed by atoms with Crippen molar-refractivity contribution in [1.82, 2.24) is 4.98 Å². The van der Waals surface area contributed by atoms with E-state index in [0.717, 1.165) is 38.6 Å². The van der Waals surface area contributed by atoms with E-state index in [1.807, 2.05) is 44.2 Å². The number of thiazole rings is 1. The van der Waals surface area contributed by atoms with Crippen molar-refractivity contribution in [1.29, 1.82) is 0 Å². The van der Waals surface area contributed by atoms with Gasteiger partial charge in [0.15, 0.2) is 4.34 Å². The van der Waals surface area contributed by atoms with Gasteiger partial charge in [0.2, 0.25) is 11.8 Å². The lowest BCUT2D eigenvalue weighted by molar-refractivity contribution is -0.147. The number of benzene rings is 2. The second kappa shape index (κ2) is 10.6. The zero-order valence-electron chi connectivity index (χ0n) is 19.1. The van der Waals surface area contributed by atoms with Crippen LogP contribution in [0.15, 0.2) is 40.7 Å². The minimum atomic E-state index is -0.902. The van der Waals surface area contributed by atoms with Crippen LogP contribution in [-0.4, -0.2) is 33.6 Å². The van der Waals surface area contributed by atoms with E-state index in [9.17, 15) is 19.5 Å². The van der Waals surface area contributed by atoms with Gasteiger partial charge in [-0.15, -0.1) is 11.3 Å². The van der Waals surface area contributed by atoms with Crippen molar-refractivity contribution in [2.24, 2.45) is 11.8 Å². The monoisotopic (exact) mass is 497 g/mol. The molecule has 1 saturated carbocycles. The average molecular weight is 498 g/mol. The Balaban J connectivity index is 1.37. The molecule has 2 aromatic carbocycles. The summed E-state index contributed by atoms with van der Waals surface area (Å²) in [5.41, 5.74) is 4.50. The molecule has 1 aliphatic rings. The lowest BCUT2D eigenvalue weighted by Gasteiger charge is -2.27. The second-order valence-corrected chi connectivity index (χ2v) is 10.9. The molecule has 178 valence electrons. The van der Waals surface area contributed by atoms with E-state index in [2.05, 4.69) is 15.6 Å². The van der Waals surface area contributed by atoms with Crippen molar-refractivity contribution in [2.45, 2.75) is 43.9 Å². The summed E-state index contributed by atoms with van der Waals surface area (Å²) in [6.45, 7) is 4.04. The third-order valence-electron chi connectivity index (χ3n) is 6.17. The van der Waals surface area contributed by atoms with Crippen LogP contribution in [0, 0.1) is 25.7 Å². The van der Waals surface area contributed by atoms with Crippen LogP contribution in [0.25, 0.3) is 10.2 Å². The number of nitrogens with one attached hydrogen (secondary N) is 2. The van der Waals surface area contributed by atoms with E-state index in [-0.39, 0.29) is 17.6 Å². The van der Waals surface area contributed by atoms with Gasteiger partial charge in [0.1, 0.15) is 0 Å². The number of aromatic nitrogens is 1. The van der Waals surface area contributed by atoms with Gasteiger partial charge in [-0.2, -0.15) is 0 Å². The molecule has 1 aliphatic carbocycles. The predicted octanol–water partition coefficient (Wildman–Crippen LogP) is 5.47. The molecule has 7 nitrogen and oxygen atoms in total. The number of nitrogens with zero attached hydrogens (tertiary/aromatic N) is 1. The first-order valence-electron chi connectivity index (χ1n) is 11.2. The van der Waals surface area contributed by atoms with E-state index in [4.69, 9.17) is 0 Å². The Morgan fingerprint density at radius 3 is 2.44 bits per heavy atom. The van der Waals surface area contributed by atoms with Crippen LogP contribution in [0.5, 0.6) is 0 Å². The Kier molecular flexibility index (Phi) is 7.53. The van der Waals surface area contributed by atoms with Gasteiger partial charge in [0.25, 0.3) is 0 Å². The molecule has 1 fully saturated rings. The van der Waals surface area contributed by atoms with Crippen molar-refractivity contribution in [3.05, 3.63) is 47.5 Å². The summed E-state index contributed by atoms with van der Waals surface area (Å²) in [6, 6.07) is 11.3. The van der Waals surface area contributed by atoms with Crippen molar-refractivity contribution < 1.29 is 19.5 Å². The van der Waals surface area contributed by atoms with Crippen LogP contribution in [-0.2, 0) is 14.4 Å². The number of hydrogen-bond acceptors (Lipinski definition) is 6. The average Bonchev–Trinajstić information content (AvgIpc) is 3.22. The Hall–Kier alpha value is -2.91. The minimum Gasteiger partial charge on any atom is -0.481 e. The Bertz CT molecular complexity index is 1240. The van der Waals surface area contributed by atoms with Gasteiger partial charge >= 0.3 is 5.97 Å². The highest BCUT2D eigenvalue weighted by atomic mass is 32.2. The van der Waals surface area contributed by atoms with Crippen LogP contribution in [0.2, 0.25) is 0 Å². The molecule has 0 bridgehead atoms. The highest BCUT2D eigenvalue weighted by Gasteiger charge is 2.35. The smallest absolute Gasteiger partial charge is 0.307 e. The van der Waals surface area contributed by atoms with E-state index in [0.29, 0.717) is 18.5 Å². The maximum Gasteiger partial charge on any atom is 0.307 e. The molecule has 0 unspecified atom stereocenters. The molecule has 2 amide bonds. The first-order chi connectivity index (χ1) is 16.3. The molecule has 0 saturated heterocycles. The maximum absolute atomic E-state index is 12.8. The molecular formula is C25H27N3O4S2. The molecule has 3 aromatic rings. The van der Waals surface area contributed by atoms with Gasteiger partial charge in [0.05, 0.1) is 27.8 Å². The molecule has 1 heterocycles. The Labute approximate surface area is 206 Å². The molecule has 34 heavy (non-hydrogen) atoms. The van der Waals surface area contributed by atoms with Crippen LogP contribution >= 0.6 is 23.1 Å². The van der Waals surface area contributed by atoms with Gasteiger partial charge in [-0.05, 0) is 68.1 Å². The lowest BCUT2D eigenvalue weighted by Crippen LogP contribution is -2.36. The number of carboxylic acid groups (broad SMARTS) is 1. The third kappa shape index (κ3) is 5.77. The van der Waals surface area contributed by atoms with Crippen LogP contribution < -0.4 is 10.6 Å². The van der Waals surface area contributed by atoms with Gasteiger partial charge in [-0.25, -0.2) is 4.98 Å². The van der Waals surface area contributed by atoms with E-state index >= 15 is 0 Å². The number of aryl methyl sites for hydroxylation is 2. The first kappa shape index (κ1) is 24.2. The minimum absolute atomic E-state index is 0.0964. The van der Waals surface area contributed by atoms with Gasteiger partial charge in [-0.3, -0.25) is 14.4 Å². The predicted molar refractivity (Wildman–Crippen MR) is 137 cm³/mol. The van der Waals surface area contributed by atoms with Crippen LogP contribution in [0.4, 0.5) is 11.4 Å². The molecule has 0 aliphatic heterocycles. The molecule has 2 atom stereocenters. The third-order valence-corrected chi connectivity index (χ3v) is 8.33. The molecule has 3 N–H and O–H groups in total.